The highest BCUT2D eigenvalue weighted by Crippen LogP contribution is 2.43. The highest BCUT2D eigenvalue weighted by Gasteiger charge is 2.46. The molecule has 1 aliphatic rings. The van der Waals surface area contributed by atoms with Gasteiger partial charge in [0.1, 0.15) is 11.7 Å². The molecule has 0 amide bonds. The quantitative estimate of drug-likeness (QED) is 0.416. The number of ether oxygens (including phenoxy) is 1. The lowest BCUT2D eigenvalue weighted by atomic mass is 9.64. The maximum atomic E-state index is 11.8. The van der Waals surface area contributed by atoms with Crippen molar-refractivity contribution in [3.05, 3.63) is 0 Å². The third kappa shape index (κ3) is 2.44. The molecular formula is C13H18O3. The Morgan fingerprint density at radius 1 is 1.69 bits per heavy atom. The molecule has 0 saturated heterocycles. The van der Waals surface area contributed by atoms with E-state index in [0.717, 1.165) is 12.8 Å². The molecule has 0 N–H and O–H groups in total. The molecule has 2 unspecified atom stereocenters. The van der Waals surface area contributed by atoms with Crippen LogP contribution in [-0.4, -0.2) is 18.9 Å². The number of carbonyl (C=O) groups excluding carboxylic acids is 2. The molecule has 1 fully saturated rings. The third-order valence-electron chi connectivity index (χ3n) is 3.47. The van der Waals surface area contributed by atoms with Gasteiger partial charge in [-0.15, -0.1) is 12.3 Å². The molecule has 0 heterocycles. The lowest BCUT2D eigenvalue weighted by molar-refractivity contribution is -0.157. The summed E-state index contributed by atoms with van der Waals surface area (Å²) in [7, 11) is 1.33. The fraction of sp³-hybridized carbons (Fsp3) is 0.692. The van der Waals surface area contributed by atoms with E-state index in [2.05, 4.69) is 5.92 Å². The van der Waals surface area contributed by atoms with Gasteiger partial charge in [-0.25, -0.2) is 0 Å². The van der Waals surface area contributed by atoms with Crippen molar-refractivity contribution >= 4 is 11.8 Å². The number of methoxy groups -OCH3 is 1. The normalized spacial score (nSPS) is 29.6. The van der Waals surface area contributed by atoms with Crippen molar-refractivity contribution in [3.8, 4) is 12.3 Å². The number of esters is 1. The number of terminal acetylenes is 1. The first-order chi connectivity index (χ1) is 7.55. The van der Waals surface area contributed by atoms with Crippen molar-refractivity contribution in [1.82, 2.24) is 0 Å². The van der Waals surface area contributed by atoms with E-state index in [1.165, 1.54) is 7.11 Å². The molecule has 3 nitrogen and oxygen atoms in total. The zero-order valence-corrected chi connectivity index (χ0v) is 9.91. The molecule has 16 heavy (non-hydrogen) atoms. The minimum absolute atomic E-state index is 0.00220. The molecule has 0 aromatic rings. The van der Waals surface area contributed by atoms with Gasteiger partial charge in [-0.2, -0.15) is 0 Å². The van der Waals surface area contributed by atoms with Crippen LogP contribution in [0, 0.1) is 23.7 Å². The first kappa shape index (κ1) is 12.8. The van der Waals surface area contributed by atoms with Crippen molar-refractivity contribution in [2.24, 2.45) is 11.3 Å². The van der Waals surface area contributed by atoms with Crippen LogP contribution in [0.4, 0.5) is 0 Å². The van der Waals surface area contributed by atoms with E-state index in [0.29, 0.717) is 19.3 Å². The summed E-state index contributed by atoms with van der Waals surface area (Å²) in [6.07, 6.45) is 8.72. The van der Waals surface area contributed by atoms with Gasteiger partial charge < -0.3 is 4.74 Å². The van der Waals surface area contributed by atoms with Crippen LogP contribution in [0.2, 0.25) is 0 Å². The SMILES string of the molecule is C#CCCC1(C)CCCC(=O)C1C(=O)OC. The van der Waals surface area contributed by atoms with E-state index >= 15 is 0 Å². The summed E-state index contributed by atoms with van der Waals surface area (Å²) in [5.74, 6) is 1.53. The van der Waals surface area contributed by atoms with Crippen LogP contribution in [0.5, 0.6) is 0 Å². The fourth-order valence-corrected chi connectivity index (χ4v) is 2.50. The summed E-state index contributed by atoms with van der Waals surface area (Å²) in [6.45, 7) is 1.96. The number of hydrogen-bond acceptors (Lipinski definition) is 3. The standard InChI is InChI=1S/C13H18O3/c1-4-5-8-13(2)9-6-7-10(14)11(13)12(15)16-3/h1,11H,5-9H2,2-3H3. The van der Waals surface area contributed by atoms with Crippen molar-refractivity contribution in [1.29, 1.82) is 0 Å². The van der Waals surface area contributed by atoms with Crippen LogP contribution < -0.4 is 0 Å². The van der Waals surface area contributed by atoms with E-state index < -0.39 is 11.9 Å². The van der Waals surface area contributed by atoms with Gasteiger partial charge in [-0.05, 0) is 24.7 Å². The van der Waals surface area contributed by atoms with Crippen molar-refractivity contribution in [3.63, 3.8) is 0 Å². The predicted octanol–water partition coefficient (Wildman–Crippen LogP) is 1.95. The Kier molecular flexibility index (Phi) is 4.12. The molecule has 0 spiro atoms. The average Bonchev–Trinajstić information content (AvgIpc) is 2.26. The van der Waals surface area contributed by atoms with Crippen LogP contribution in [0.3, 0.4) is 0 Å². The van der Waals surface area contributed by atoms with Crippen LogP contribution in [0.15, 0.2) is 0 Å². The van der Waals surface area contributed by atoms with E-state index in [4.69, 9.17) is 11.2 Å². The second-order valence-corrected chi connectivity index (χ2v) is 4.63. The second-order valence-electron chi connectivity index (χ2n) is 4.63. The van der Waals surface area contributed by atoms with Crippen molar-refractivity contribution < 1.29 is 14.3 Å². The Morgan fingerprint density at radius 2 is 2.38 bits per heavy atom. The van der Waals surface area contributed by atoms with Crippen LogP contribution in [0.1, 0.15) is 39.0 Å². The summed E-state index contributed by atoms with van der Waals surface area (Å²) >= 11 is 0. The largest absolute Gasteiger partial charge is 0.468 e. The Hall–Kier alpha value is -1.30. The van der Waals surface area contributed by atoms with Crippen molar-refractivity contribution in [2.75, 3.05) is 7.11 Å². The number of carbonyl (C=O) groups is 2. The summed E-state index contributed by atoms with van der Waals surface area (Å²) < 4.78 is 4.72. The monoisotopic (exact) mass is 222 g/mol. The lowest BCUT2D eigenvalue weighted by Gasteiger charge is -2.38. The van der Waals surface area contributed by atoms with E-state index in [-0.39, 0.29) is 11.2 Å². The molecule has 0 aromatic carbocycles. The average molecular weight is 222 g/mol. The molecule has 0 aromatic heterocycles. The lowest BCUT2D eigenvalue weighted by Crippen LogP contribution is -2.43. The van der Waals surface area contributed by atoms with E-state index in [1.54, 1.807) is 0 Å². The molecule has 2 atom stereocenters. The Bertz CT molecular complexity index is 319. The molecule has 1 saturated carbocycles. The molecule has 1 aliphatic carbocycles. The van der Waals surface area contributed by atoms with Crippen LogP contribution >= 0.6 is 0 Å². The number of hydrogen-bond donors (Lipinski definition) is 0. The topological polar surface area (TPSA) is 43.4 Å². The highest BCUT2D eigenvalue weighted by molar-refractivity contribution is 6.00. The summed E-state index contributed by atoms with van der Waals surface area (Å²) in [4.78, 5) is 23.5. The Labute approximate surface area is 96.5 Å². The smallest absolute Gasteiger partial charge is 0.316 e. The highest BCUT2D eigenvalue weighted by atomic mass is 16.5. The molecule has 3 heteroatoms. The minimum Gasteiger partial charge on any atom is -0.468 e. The Morgan fingerprint density at radius 3 is 2.94 bits per heavy atom. The van der Waals surface area contributed by atoms with Gasteiger partial charge in [0.15, 0.2) is 0 Å². The number of Topliss-reactive ketones (excluding diaryl/α,β-unsaturated/α-hetero) is 1. The van der Waals surface area contributed by atoms with Gasteiger partial charge in [0.05, 0.1) is 7.11 Å². The number of rotatable bonds is 3. The first-order valence-electron chi connectivity index (χ1n) is 5.59. The summed E-state index contributed by atoms with van der Waals surface area (Å²) in [6, 6.07) is 0. The maximum absolute atomic E-state index is 11.8. The fourth-order valence-electron chi connectivity index (χ4n) is 2.50. The maximum Gasteiger partial charge on any atom is 0.316 e. The Balaban J connectivity index is 2.90. The van der Waals surface area contributed by atoms with E-state index in [9.17, 15) is 9.59 Å². The van der Waals surface area contributed by atoms with Gasteiger partial charge >= 0.3 is 5.97 Å². The molecule has 88 valence electrons. The zero-order valence-electron chi connectivity index (χ0n) is 9.91. The van der Waals surface area contributed by atoms with Crippen LogP contribution in [0.25, 0.3) is 0 Å². The summed E-state index contributed by atoms with van der Waals surface area (Å²) in [5.41, 5.74) is -0.325. The molecule has 0 bridgehead atoms. The molecule has 1 rings (SSSR count). The molecule has 0 radical (unpaired) electrons. The van der Waals surface area contributed by atoms with Gasteiger partial charge in [-0.3, -0.25) is 9.59 Å². The first-order valence-corrected chi connectivity index (χ1v) is 5.59. The van der Waals surface area contributed by atoms with Gasteiger partial charge in [0.2, 0.25) is 0 Å². The van der Waals surface area contributed by atoms with Gasteiger partial charge in [-0.1, -0.05) is 6.92 Å². The van der Waals surface area contributed by atoms with Gasteiger partial charge in [0, 0.05) is 12.8 Å². The predicted molar refractivity (Wildman–Crippen MR) is 60.5 cm³/mol. The zero-order chi connectivity index (χ0) is 12.2. The van der Waals surface area contributed by atoms with Crippen LogP contribution in [-0.2, 0) is 14.3 Å². The van der Waals surface area contributed by atoms with Crippen molar-refractivity contribution in [2.45, 2.75) is 39.0 Å². The molecule has 0 aliphatic heterocycles. The minimum atomic E-state index is -0.625. The third-order valence-corrected chi connectivity index (χ3v) is 3.47. The van der Waals surface area contributed by atoms with Gasteiger partial charge in [0.25, 0.3) is 0 Å². The summed E-state index contributed by atoms with van der Waals surface area (Å²) in [5, 5.41) is 0. The van der Waals surface area contributed by atoms with E-state index in [1.807, 2.05) is 6.92 Å². The number of ketones is 1. The second kappa shape index (κ2) is 5.16. The molecular weight excluding hydrogens is 204 g/mol.